The van der Waals surface area contributed by atoms with Crippen molar-refractivity contribution in [2.75, 3.05) is 20.3 Å². The van der Waals surface area contributed by atoms with Gasteiger partial charge in [0.25, 0.3) is 0 Å². The minimum atomic E-state index is -0.904. The molecule has 2 atom stereocenters. The van der Waals surface area contributed by atoms with Crippen LogP contribution in [0.4, 0.5) is 8.78 Å². The molecule has 168 valence electrons. The number of hydrogen-bond acceptors (Lipinski definition) is 3. The minimum Gasteiger partial charge on any atom is -0.498 e. The maximum absolute atomic E-state index is 14.0. The largest absolute Gasteiger partial charge is 0.498 e. The van der Waals surface area contributed by atoms with E-state index in [1.165, 1.54) is 24.7 Å². The molecule has 5 heteroatoms. The number of ether oxygens (including phenoxy) is 3. The first-order valence-corrected chi connectivity index (χ1v) is 11.2. The van der Waals surface area contributed by atoms with Gasteiger partial charge in [0, 0.05) is 12.3 Å². The molecule has 2 aliphatic rings. The predicted molar refractivity (Wildman–Crippen MR) is 117 cm³/mol. The zero-order valence-electron chi connectivity index (χ0n) is 18.8. The number of hydrogen-bond donors (Lipinski definition) is 0. The van der Waals surface area contributed by atoms with Crippen LogP contribution in [0.2, 0.25) is 0 Å². The SMILES string of the molecule is CCC.CCCc1ccc(C2CCC(OCC3=C(F)C(F)=C(OC)CC3)OC2)cc1. The van der Waals surface area contributed by atoms with E-state index in [-0.39, 0.29) is 18.7 Å². The average molecular weight is 423 g/mol. The van der Waals surface area contributed by atoms with Crippen molar-refractivity contribution in [2.45, 2.75) is 77.9 Å². The molecule has 1 heterocycles. The van der Waals surface area contributed by atoms with E-state index in [2.05, 4.69) is 45.0 Å². The van der Waals surface area contributed by atoms with Crippen molar-refractivity contribution < 1.29 is 23.0 Å². The Bertz CT molecular complexity index is 702. The molecule has 0 aromatic heterocycles. The van der Waals surface area contributed by atoms with Crippen LogP contribution in [-0.2, 0) is 20.6 Å². The highest BCUT2D eigenvalue weighted by Gasteiger charge is 2.26. The monoisotopic (exact) mass is 422 g/mol. The van der Waals surface area contributed by atoms with Gasteiger partial charge in [-0.1, -0.05) is 57.9 Å². The van der Waals surface area contributed by atoms with Crippen LogP contribution in [0, 0.1) is 0 Å². The van der Waals surface area contributed by atoms with Crippen molar-refractivity contribution in [2.24, 2.45) is 0 Å². The summed E-state index contributed by atoms with van der Waals surface area (Å²) < 4.78 is 44.2. The molecule has 1 saturated heterocycles. The van der Waals surface area contributed by atoms with E-state index >= 15 is 0 Å². The van der Waals surface area contributed by atoms with Crippen molar-refractivity contribution in [3.8, 4) is 0 Å². The topological polar surface area (TPSA) is 27.7 Å². The van der Waals surface area contributed by atoms with E-state index in [0.717, 1.165) is 25.7 Å². The highest BCUT2D eigenvalue weighted by molar-refractivity contribution is 5.32. The molecular formula is C25H36F2O3. The zero-order valence-corrected chi connectivity index (χ0v) is 18.8. The molecule has 0 N–H and O–H groups in total. The summed E-state index contributed by atoms with van der Waals surface area (Å²) >= 11 is 0. The Kier molecular flexibility index (Phi) is 10.5. The lowest BCUT2D eigenvalue weighted by molar-refractivity contribution is -0.162. The van der Waals surface area contributed by atoms with Crippen LogP contribution >= 0.6 is 0 Å². The fourth-order valence-electron chi connectivity index (χ4n) is 3.65. The average Bonchev–Trinajstić information content (AvgIpc) is 2.77. The van der Waals surface area contributed by atoms with Crippen LogP contribution in [0.3, 0.4) is 0 Å². The second-order valence-electron chi connectivity index (χ2n) is 7.91. The lowest BCUT2D eigenvalue weighted by Gasteiger charge is -2.30. The standard InChI is InChI=1S/C22H28F2O3.C3H8/c1-3-4-15-5-7-16(8-6-15)17-10-12-20(26-13-17)27-14-18-9-11-19(25-2)22(24)21(18)23;1-3-2/h5-8,17,20H,3-4,9-14H2,1-2H3;3H2,1-2H3. The predicted octanol–water partition coefficient (Wildman–Crippen LogP) is 7.14. The molecule has 0 radical (unpaired) electrons. The number of aryl methyl sites for hydroxylation is 1. The Balaban J connectivity index is 0.00000101. The van der Waals surface area contributed by atoms with Crippen molar-refractivity contribution in [3.63, 3.8) is 0 Å². The summed E-state index contributed by atoms with van der Waals surface area (Å²) in [5.41, 5.74) is 2.99. The first kappa shape index (κ1) is 24.5. The molecule has 3 nitrogen and oxygen atoms in total. The highest BCUT2D eigenvalue weighted by Crippen LogP contribution is 2.34. The number of rotatable bonds is 7. The van der Waals surface area contributed by atoms with Crippen LogP contribution < -0.4 is 0 Å². The van der Waals surface area contributed by atoms with Crippen molar-refractivity contribution in [3.05, 3.63) is 58.4 Å². The van der Waals surface area contributed by atoms with Gasteiger partial charge in [0.05, 0.1) is 20.3 Å². The molecule has 0 amide bonds. The first-order chi connectivity index (χ1) is 14.5. The molecule has 1 aliphatic heterocycles. The molecule has 0 bridgehead atoms. The third-order valence-electron chi connectivity index (χ3n) is 5.32. The molecule has 1 aromatic carbocycles. The van der Waals surface area contributed by atoms with Crippen molar-refractivity contribution in [1.29, 1.82) is 0 Å². The van der Waals surface area contributed by atoms with Gasteiger partial charge in [-0.15, -0.1) is 0 Å². The van der Waals surface area contributed by atoms with Crippen LogP contribution in [0.15, 0.2) is 47.3 Å². The van der Waals surface area contributed by atoms with Crippen molar-refractivity contribution >= 4 is 0 Å². The van der Waals surface area contributed by atoms with E-state index in [1.807, 2.05) is 0 Å². The van der Waals surface area contributed by atoms with E-state index in [9.17, 15) is 8.78 Å². The molecule has 0 spiro atoms. The summed E-state index contributed by atoms with van der Waals surface area (Å²) in [6.07, 6.45) is 5.61. The first-order valence-electron chi connectivity index (χ1n) is 11.2. The quantitative estimate of drug-likeness (QED) is 0.467. The summed E-state index contributed by atoms with van der Waals surface area (Å²) in [4.78, 5) is 0. The number of benzene rings is 1. The van der Waals surface area contributed by atoms with E-state index in [1.54, 1.807) is 0 Å². The lowest BCUT2D eigenvalue weighted by Crippen LogP contribution is -2.28. The summed E-state index contributed by atoms with van der Waals surface area (Å²) in [5, 5.41) is 0. The van der Waals surface area contributed by atoms with Crippen LogP contribution in [0.5, 0.6) is 0 Å². The van der Waals surface area contributed by atoms with Gasteiger partial charge in [0.2, 0.25) is 0 Å². The van der Waals surface area contributed by atoms with E-state index < -0.39 is 11.7 Å². The molecule has 1 aliphatic carbocycles. The number of methoxy groups -OCH3 is 1. The smallest absolute Gasteiger partial charge is 0.196 e. The maximum Gasteiger partial charge on any atom is 0.196 e. The second-order valence-corrected chi connectivity index (χ2v) is 7.91. The van der Waals surface area contributed by atoms with E-state index in [4.69, 9.17) is 14.2 Å². The molecule has 0 saturated carbocycles. The summed E-state index contributed by atoms with van der Waals surface area (Å²) in [6.45, 7) is 7.07. The Labute approximate surface area is 180 Å². The fourth-order valence-corrected chi connectivity index (χ4v) is 3.65. The van der Waals surface area contributed by atoms with Gasteiger partial charge >= 0.3 is 0 Å². The van der Waals surface area contributed by atoms with Crippen LogP contribution in [-0.4, -0.2) is 26.6 Å². The van der Waals surface area contributed by atoms with Gasteiger partial charge in [-0.2, -0.15) is 0 Å². The normalized spacial score (nSPS) is 21.9. The molecule has 2 unspecified atom stereocenters. The summed E-state index contributed by atoms with van der Waals surface area (Å²) in [6, 6.07) is 8.75. The zero-order chi connectivity index (χ0) is 21.9. The summed E-state index contributed by atoms with van der Waals surface area (Å²) in [5.74, 6) is -1.33. The second kappa shape index (κ2) is 12.9. The maximum atomic E-state index is 14.0. The molecule has 3 rings (SSSR count). The van der Waals surface area contributed by atoms with E-state index in [0.29, 0.717) is 30.9 Å². The third-order valence-corrected chi connectivity index (χ3v) is 5.32. The van der Waals surface area contributed by atoms with Gasteiger partial charge in [-0.05, 0) is 42.4 Å². The van der Waals surface area contributed by atoms with Gasteiger partial charge in [0.1, 0.15) is 5.76 Å². The fraction of sp³-hybridized carbons (Fsp3) is 0.600. The Morgan fingerprint density at radius 2 is 1.70 bits per heavy atom. The highest BCUT2D eigenvalue weighted by atomic mass is 19.2. The Morgan fingerprint density at radius 3 is 2.27 bits per heavy atom. The lowest BCUT2D eigenvalue weighted by atomic mass is 9.92. The number of allylic oxidation sites excluding steroid dienone is 3. The third kappa shape index (κ3) is 6.92. The van der Waals surface area contributed by atoms with Gasteiger partial charge in [-0.25, -0.2) is 8.78 Å². The van der Waals surface area contributed by atoms with Crippen LogP contribution in [0.1, 0.15) is 76.3 Å². The molecule has 1 fully saturated rings. The van der Waals surface area contributed by atoms with Gasteiger partial charge in [-0.3, -0.25) is 0 Å². The summed E-state index contributed by atoms with van der Waals surface area (Å²) in [7, 11) is 1.35. The Morgan fingerprint density at radius 1 is 1.00 bits per heavy atom. The molecule has 1 aromatic rings. The van der Waals surface area contributed by atoms with Crippen LogP contribution in [0.25, 0.3) is 0 Å². The van der Waals surface area contributed by atoms with Gasteiger partial charge < -0.3 is 14.2 Å². The Hall–Kier alpha value is -1.72. The van der Waals surface area contributed by atoms with Crippen molar-refractivity contribution in [1.82, 2.24) is 0 Å². The number of halogens is 2. The molecular weight excluding hydrogens is 386 g/mol. The minimum absolute atomic E-state index is 0.0529. The molecule has 30 heavy (non-hydrogen) atoms. The van der Waals surface area contributed by atoms with Gasteiger partial charge in [0.15, 0.2) is 17.9 Å².